The fourth-order valence-corrected chi connectivity index (χ4v) is 6.58. The second-order valence-corrected chi connectivity index (χ2v) is 9.38. The van der Waals surface area contributed by atoms with Crippen LogP contribution in [0.2, 0.25) is 0 Å². The summed E-state index contributed by atoms with van der Waals surface area (Å²) in [5, 5.41) is 3.65. The van der Waals surface area contributed by atoms with Crippen LogP contribution in [-0.2, 0) is 0 Å². The van der Waals surface area contributed by atoms with Crippen LogP contribution in [0.5, 0.6) is 0 Å². The minimum Gasteiger partial charge on any atom is -0.367 e. The Labute approximate surface area is 161 Å². The average Bonchev–Trinajstić information content (AvgIpc) is 2.77. The van der Waals surface area contributed by atoms with Gasteiger partial charge in [0.15, 0.2) is 0 Å². The van der Waals surface area contributed by atoms with Gasteiger partial charge in [-0.3, -0.25) is 0 Å². The number of nitrogens with one attached hydrogen (secondary N) is 1. The Morgan fingerprint density at radius 3 is 2.69 bits per heavy atom. The molecule has 0 radical (unpaired) electrons. The highest BCUT2D eigenvalue weighted by atomic mass is 32.2. The monoisotopic (exact) mass is 364 g/mol. The summed E-state index contributed by atoms with van der Waals surface area (Å²) < 4.78 is 0. The van der Waals surface area contributed by atoms with Crippen LogP contribution in [0.3, 0.4) is 0 Å². The average molecular weight is 365 g/mol. The number of rotatable bonds is 1. The summed E-state index contributed by atoms with van der Waals surface area (Å²) in [6.45, 7) is 10.3. The molecule has 5 rings (SSSR count). The van der Waals surface area contributed by atoms with E-state index in [1.165, 1.54) is 57.9 Å². The number of hydrogen-bond donors (Lipinski definition) is 1. The van der Waals surface area contributed by atoms with Gasteiger partial charge in [-0.15, -0.1) is 11.8 Å². The standard InChI is InChI=1S/C23H28N2S/c1-14-9-15(2)22(16(3)10-14)17-11-18-19-13-24-6-5-20(19)25-7-4-8-26-21(12-17)23(18)25/h9-12,19-20,24H,4-8,13H2,1-3H3/t19-,20-/m1/s1. The second kappa shape index (κ2) is 6.31. The second-order valence-electron chi connectivity index (χ2n) is 8.25. The van der Waals surface area contributed by atoms with Gasteiger partial charge < -0.3 is 10.2 Å². The third-order valence-corrected chi connectivity index (χ3v) is 7.52. The fraction of sp³-hybridized carbons (Fsp3) is 0.478. The van der Waals surface area contributed by atoms with Gasteiger partial charge in [0.25, 0.3) is 0 Å². The van der Waals surface area contributed by atoms with E-state index >= 15 is 0 Å². The highest BCUT2D eigenvalue weighted by Crippen LogP contribution is 2.51. The molecule has 2 atom stereocenters. The van der Waals surface area contributed by atoms with Crippen molar-refractivity contribution in [3.63, 3.8) is 0 Å². The molecule has 0 unspecified atom stereocenters. The first-order valence-electron chi connectivity index (χ1n) is 10.00. The van der Waals surface area contributed by atoms with Crippen LogP contribution >= 0.6 is 11.8 Å². The van der Waals surface area contributed by atoms with Crippen LogP contribution in [0.15, 0.2) is 29.2 Å². The first-order valence-corrected chi connectivity index (χ1v) is 11.0. The van der Waals surface area contributed by atoms with Crippen molar-refractivity contribution < 1.29 is 0 Å². The molecule has 0 amide bonds. The lowest BCUT2D eigenvalue weighted by Crippen LogP contribution is -2.44. The molecule has 0 bridgehead atoms. The van der Waals surface area contributed by atoms with E-state index in [0.717, 1.165) is 13.1 Å². The van der Waals surface area contributed by atoms with E-state index in [1.807, 2.05) is 0 Å². The first-order chi connectivity index (χ1) is 12.6. The lowest BCUT2D eigenvalue weighted by atomic mass is 9.87. The van der Waals surface area contributed by atoms with Gasteiger partial charge in [0.05, 0.1) is 5.69 Å². The van der Waals surface area contributed by atoms with Crippen molar-refractivity contribution >= 4 is 17.4 Å². The molecule has 1 saturated heterocycles. The molecule has 2 nitrogen and oxygen atoms in total. The lowest BCUT2D eigenvalue weighted by molar-refractivity contribution is 0.403. The van der Waals surface area contributed by atoms with E-state index in [4.69, 9.17) is 0 Å². The predicted molar refractivity (Wildman–Crippen MR) is 113 cm³/mol. The molecule has 0 spiro atoms. The molecule has 0 aromatic heterocycles. The number of hydrogen-bond acceptors (Lipinski definition) is 3. The van der Waals surface area contributed by atoms with Crippen molar-refractivity contribution in [2.75, 3.05) is 30.3 Å². The van der Waals surface area contributed by atoms with Crippen molar-refractivity contribution in [3.05, 3.63) is 46.5 Å². The highest BCUT2D eigenvalue weighted by Gasteiger charge is 2.41. The number of nitrogens with zero attached hydrogens (tertiary/aromatic N) is 1. The van der Waals surface area contributed by atoms with Crippen LogP contribution in [0, 0.1) is 20.8 Å². The maximum atomic E-state index is 3.65. The van der Waals surface area contributed by atoms with E-state index in [2.05, 4.69) is 67.0 Å². The molecule has 1 fully saturated rings. The van der Waals surface area contributed by atoms with E-state index < -0.39 is 0 Å². The van der Waals surface area contributed by atoms with E-state index in [0.29, 0.717) is 12.0 Å². The number of fused-ring (bicyclic) bond motifs is 3. The van der Waals surface area contributed by atoms with E-state index in [-0.39, 0.29) is 0 Å². The van der Waals surface area contributed by atoms with Crippen molar-refractivity contribution in [3.8, 4) is 11.1 Å². The predicted octanol–water partition coefficient (Wildman–Crippen LogP) is 5.04. The van der Waals surface area contributed by atoms with Crippen molar-refractivity contribution in [2.45, 2.75) is 50.5 Å². The van der Waals surface area contributed by atoms with E-state index in [1.54, 1.807) is 11.3 Å². The molecular formula is C23H28N2S. The number of anilines is 1. The molecule has 2 aromatic rings. The molecule has 1 N–H and O–H groups in total. The summed E-state index contributed by atoms with van der Waals surface area (Å²) >= 11 is 2.07. The Hall–Kier alpha value is -1.45. The summed E-state index contributed by atoms with van der Waals surface area (Å²) in [6.07, 6.45) is 2.58. The maximum Gasteiger partial charge on any atom is 0.0544 e. The van der Waals surface area contributed by atoms with Gasteiger partial charge >= 0.3 is 0 Å². The third-order valence-electron chi connectivity index (χ3n) is 6.40. The Bertz CT molecular complexity index is 850. The van der Waals surface area contributed by atoms with Crippen LogP contribution in [0.4, 0.5) is 5.69 Å². The zero-order chi connectivity index (χ0) is 17.8. The Morgan fingerprint density at radius 2 is 1.88 bits per heavy atom. The summed E-state index contributed by atoms with van der Waals surface area (Å²) in [5.74, 6) is 1.90. The van der Waals surface area contributed by atoms with Crippen molar-refractivity contribution in [1.82, 2.24) is 5.32 Å². The van der Waals surface area contributed by atoms with Crippen molar-refractivity contribution in [1.29, 1.82) is 0 Å². The largest absolute Gasteiger partial charge is 0.367 e. The normalized spacial score (nSPS) is 24.2. The SMILES string of the molecule is Cc1cc(C)c(-c2cc3c4c(c2)[C@H]2CNCC[C@H]2N4CCCS3)c(C)c1. The van der Waals surface area contributed by atoms with Gasteiger partial charge in [0, 0.05) is 29.9 Å². The summed E-state index contributed by atoms with van der Waals surface area (Å²) in [5.41, 5.74) is 10.2. The molecule has 0 aliphatic carbocycles. The minimum atomic E-state index is 0.655. The maximum absolute atomic E-state index is 3.65. The third kappa shape index (κ3) is 2.51. The quantitative estimate of drug-likeness (QED) is 0.763. The Balaban J connectivity index is 1.71. The van der Waals surface area contributed by atoms with Gasteiger partial charge in [0.2, 0.25) is 0 Å². The van der Waals surface area contributed by atoms with Gasteiger partial charge in [-0.1, -0.05) is 17.7 Å². The minimum absolute atomic E-state index is 0.655. The van der Waals surface area contributed by atoms with Gasteiger partial charge in [-0.25, -0.2) is 0 Å². The van der Waals surface area contributed by atoms with Crippen LogP contribution < -0.4 is 10.2 Å². The van der Waals surface area contributed by atoms with Crippen LogP contribution in [0.1, 0.15) is 41.0 Å². The number of aryl methyl sites for hydroxylation is 3. The molecule has 3 heteroatoms. The summed E-state index contributed by atoms with van der Waals surface area (Å²) in [4.78, 5) is 4.28. The molecule has 0 saturated carbocycles. The van der Waals surface area contributed by atoms with Gasteiger partial charge in [-0.2, -0.15) is 0 Å². The number of piperidine rings is 1. The smallest absolute Gasteiger partial charge is 0.0544 e. The molecule has 136 valence electrons. The summed E-state index contributed by atoms with van der Waals surface area (Å²) in [6, 6.07) is 10.4. The summed E-state index contributed by atoms with van der Waals surface area (Å²) in [7, 11) is 0. The molecular weight excluding hydrogens is 336 g/mol. The number of benzene rings is 2. The Morgan fingerprint density at radius 1 is 1.08 bits per heavy atom. The zero-order valence-corrected chi connectivity index (χ0v) is 16.9. The Kier molecular flexibility index (Phi) is 4.06. The molecule has 3 aliphatic rings. The van der Waals surface area contributed by atoms with Gasteiger partial charge in [-0.05, 0) is 85.9 Å². The number of thioether (sulfide) groups is 1. The van der Waals surface area contributed by atoms with E-state index in [9.17, 15) is 0 Å². The molecule has 26 heavy (non-hydrogen) atoms. The lowest BCUT2D eigenvalue weighted by Gasteiger charge is -2.33. The zero-order valence-electron chi connectivity index (χ0n) is 16.1. The first kappa shape index (κ1) is 16.7. The molecule has 3 aliphatic heterocycles. The molecule has 3 heterocycles. The highest BCUT2D eigenvalue weighted by molar-refractivity contribution is 7.99. The van der Waals surface area contributed by atoms with Gasteiger partial charge in [0.1, 0.15) is 0 Å². The fourth-order valence-electron chi connectivity index (χ4n) is 5.50. The van der Waals surface area contributed by atoms with Crippen LogP contribution in [0.25, 0.3) is 11.1 Å². The molecule has 2 aromatic carbocycles. The van der Waals surface area contributed by atoms with Crippen LogP contribution in [-0.4, -0.2) is 31.4 Å². The topological polar surface area (TPSA) is 15.3 Å². The van der Waals surface area contributed by atoms with Crippen molar-refractivity contribution in [2.24, 2.45) is 0 Å².